The van der Waals surface area contributed by atoms with E-state index in [2.05, 4.69) is 10.4 Å². The summed E-state index contributed by atoms with van der Waals surface area (Å²) in [5, 5.41) is 8.30. The maximum Gasteiger partial charge on any atom is 0.225 e. The molecule has 1 aliphatic carbocycles. The number of nitrogens with one attached hydrogen (secondary N) is 1. The van der Waals surface area contributed by atoms with E-state index in [9.17, 15) is 4.79 Å². The summed E-state index contributed by atoms with van der Waals surface area (Å²) < 4.78 is 1.73. The minimum absolute atomic E-state index is 0.0458. The van der Waals surface area contributed by atoms with Gasteiger partial charge >= 0.3 is 0 Å². The lowest BCUT2D eigenvalue weighted by Gasteiger charge is -2.21. The van der Waals surface area contributed by atoms with Crippen LogP contribution in [0.3, 0.4) is 0 Å². The van der Waals surface area contributed by atoms with Crippen LogP contribution in [0.2, 0.25) is 10.0 Å². The summed E-state index contributed by atoms with van der Waals surface area (Å²) >= 11 is 12.3. The Hall–Kier alpha value is -1.52. The van der Waals surface area contributed by atoms with E-state index in [0.717, 1.165) is 12.0 Å². The quantitative estimate of drug-likeness (QED) is 0.716. The first kappa shape index (κ1) is 18.3. The van der Waals surface area contributed by atoms with E-state index >= 15 is 0 Å². The first-order valence-corrected chi connectivity index (χ1v) is 9.63. The molecule has 0 unspecified atom stereocenters. The number of carbonyl (C=O) groups excluding carboxylic acids is 1. The van der Waals surface area contributed by atoms with E-state index < -0.39 is 0 Å². The Morgan fingerprint density at radius 3 is 2.80 bits per heavy atom. The van der Waals surface area contributed by atoms with Crippen molar-refractivity contribution >= 4 is 34.9 Å². The molecule has 134 valence electrons. The summed E-state index contributed by atoms with van der Waals surface area (Å²) in [6, 6.07) is 7.32. The summed E-state index contributed by atoms with van der Waals surface area (Å²) in [4.78, 5) is 12.3. The highest BCUT2D eigenvalue weighted by Gasteiger charge is 2.16. The molecule has 1 amide bonds. The predicted octanol–water partition coefficient (Wildman–Crippen LogP) is 5.54. The molecule has 3 rings (SSSR count). The SMILES string of the molecule is O=C(CCC1CCCCC1)Nc1ccnn1Cc1cccc(Cl)c1Cl. The van der Waals surface area contributed by atoms with Crippen LogP contribution in [0, 0.1) is 5.92 Å². The van der Waals surface area contributed by atoms with Gasteiger partial charge in [0.25, 0.3) is 0 Å². The Bertz CT molecular complexity index is 723. The van der Waals surface area contributed by atoms with E-state index in [1.807, 2.05) is 12.1 Å². The smallest absolute Gasteiger partial charge is 0.225 e. The summed E-state index contributed by atoms with van der Waals surface area (Å²) in [7, 11) is 0. The maximum absolute atomic E-state index is 12.3. The van der Waals surface area contributed by atoms with Crippen LogP contribution in [-0.4, -0.2) is 15.7 Å². The lowest BCUT2D eigenvalue weighted by Crippen LogP contribution is -2.17. The Balaban J connectivity index is 1.57. The summed E-state index contributed by atoms with van der Waals surface area (Å²) in [5.41, 5.74) is 0.871. The first-order valence-electron chi connectivity index (χ1n) is 8.88. The molecule has 1 aromatic heterocycles. The van der Waals surface area contributed by atoms with E-state index in [4.69, 9.17) is 23.2 Å². The second kappa shape index (κ2) is 8.72. The van der Waals surface area contributed by atoms with E-state index in [0.29, 0.717) is 34.7 Å². The standard InChI is InChI=1S/C19H23Cl2N3O/c20-16-8-4-7-15(19(16)21)13-24-17(11-12-22-24)23-18(25)10-9-14-5-2-1-3-6-14/h4,7-8,11-12,14H,1-3,5-6,9-10,13H2,(H,23,25). The van der Waals surface area contributed by atoms with Gasteiger partial charge in [-0.15, -0.1) is 0 Å². The van der Waals surface area contributed by atoms with Crippen LogP contribution in [0.5, 0.6) is 0 Å². The fraction of sp³-hybridized carbons (Fsp3) is 0.474. The number of hydrogen-bond donors (Lipinski definition) is 1. The zero-order valence-corrected chi connectivity index (χ0v) is 15.7. The van der Waals surface area contributed by atoms with Gasteiger partial charge in [0.05, 0.1) is 22.8 Å². The molecule has 0 aliphatic heterocycles. The largest absolute Gasteiger partial charge is 0.311 e. The molecule has 1 saturated carbocycles. The molecule has 1 N–H and O–H groups in total. The zero-order chi connectivity index (χ0) is 17.6. The monoisotopic (exact) mass is 379 g/mol. The van der Waals surface area contributed by atoms with Gasteiger partial charge < -0.3 is 5.32 Å². The molecule has 0 radical (unpaired) electrons. The molecular weight excluding hydrogens is 357 g/mol. The summed E-state index contributed by atoms with van der Waals surface area (Å²) in [6.45, 7) is 0.463. The van der Waals surface area contributed by atoms with Gasteiger partial charge in [-0.05, 0) is 24.0 Å². The maximum atomic E-state index is 12.3. The fourth-order valence-electron chi connectivity index (χ4n) is 3.41. The number of carbonyl (C=O) groups is 1. The highest BCUT2D eigenvalue weighted by atomic mass is 35.5. The van der Waals surface area contributed by atoms with Crippen molar-refractivity contribution in [2.75, 3.05) is 5.32 Å². The minimum Gasteiger partial charge on any atom is -0.311 e. The van der Waals surface area contributed by atoms with Crippen molar-refractivity contribution < 1.29 is 4.79 Å². The van der Waals surface area contributed by atoms with Gasteiger partial charge in [-0.3, -0.25) is 4.79 Å². The number of anilines is 1. The van der Waals surface area contributed by atoms with Crippen LogP contribution in [0.4, 0.5) is 5.82 Å². The average molecular weight is 380 g/mol. The Kier molecular flexibility index (Phi) is 6.38. The first-order chi connectivity index (χ1) is 12.1. The van der Waals surface area contributed by atoms with Crippen molar-refractivity contribution in [3.8, 4) is 0 Å². The molecule has 0 bridgehead atoms. The third-order valence-electron chi connectivity index (χ3n) is 4.84. The van der Waals surface area contributed by atoms with Gasteiger partial charge in [0.2, 0.25) is 5.91 Å². The number of benzene rings is 1. The number of nitrogens with zero attached hydrogens (tertiary/aromatic N) is 2. The molecule has 2 aromatic rings. The molecule has 0 spiro atoms. The highest BCUT2D eigenvalue weighted by Crippen LogP contribution is 2.28. The van der Waals surface area contributed by atoms with E-state index in [1.54, 1.807) is 23.0 Å². The average Bonchev–Trinajstić information content (AvgIpc) is 3.05. The van der Waals surface area contributed by atoms with E-state index in [1.165, 1.54) is 32.1 Å². The van der Waals surface area contributed by atoms with Gasteiger partial charge in [-0.2, -0.15) is 5.10 Å². The highest BCUT2D eigenvalue weighted by molar-refractivity contribution is 6.42. The van der Waals surface area contributed by atoms with Crippen molar-refractivity contribution in [1.29, 1.82) is 0 Å². The van der Waals surface area contributed by atoms with Gasteiger partial charge in [0.1, 0.15) is 5.82 Å². The molecular formula is C19H23Cl2N3O. The van der Waals surface area contributed by atoms with Gasteiger partial charge in [0, 0.05) is 12.5 Å². The van der Waals surface area contributed by atoms with Crippen LogP contribution < -0.4 is 5.32 Å². The number of halogens is 2. The van der Waals surface area contributed by atoms with Crippen molar-refractivity contribution in [3.05, 3.63) is 46.1 Å². The van der Waals surface area contributed by atoms with Gasteiger partial charge in [0.15, 0.2) is 0 Å². The van der Waals surface area contributed by atoms with Crippen molar-refractivity contribution in [3.63, 3.8) is 0 Å². The molecule has 1 heterocycles. The topological polar surface area (TPSA) is 46.9 Å². The van der Waals surface area contributed by atoms with Crippen molar-refractivity contribution in [2.24, 2.45) is 5.92 Å². The Labute approximate surface area is 158 Å². The molecule has 4 nitrogen and oxygen atoms in total. The molecule has 0 atom stereocenters. The minimum atomic E-state index is 0.0458. The molecule has 1 aromatic carbocycles. The predicted molar refractivity (Wildman–Crippen MR) is 102 cm³/mol. The van der Waals surface area contributed by atoms with Crippen LogP contribution in [0.25, 0.3) is 0 Å². The van der Waals surface area contributed by atoms with Crippen LogP contribution in [0.1, 0.15) is 50.5 Å². The van der Waals surface area contributed by atoms with Crippen molar-refractivity contribution in [1.82, 2.24) is 9.78 Å². The molecule has 1 fully saturated rings. The van der Waals surface area contributed by atoms with Crippen LogP contribution in [0.15, 0.2) is 30.5 Å². The Morgan fingerprint density at radius 2 is 2.00 bits per heavy atom. The number of aromatic nitrogens is 2. The lowest BCUT2D eigenvalue weighted by atomic mass is 9.86. The van der Waals surface area contributed by atoms with Crippen LogP contribution in [-0.2, 0) is 11.3 Å². The fourth-order valence-corrected chi connectivity index (χ4v) is 3.79. The summed E-state index contributed by atoms with van der Waals surface area (Å²) in [5.74, 6) is 1.43. The zero-order valence-electron chi connectivity index (χ0n) is 14.2. The van der Waals surface area contributed by atoms with Crippen molar-refractivity contribution in [2.45, 2.75) is 51.5 Å². The molecule has 6 heteroatoms. The summed E-state index contributed by atoms with van der Waals surface area (Å²) in [6.07, 6.45) is 9.69. The van der Waals surface area contributed by atoms with Crippen LogP contribution >= 0.6 is 23.2 Å². The van der Waals surface area contributed by atoms with E-state index in [-0.39, 0.29) is 5.91 Å². The second-order valence-corrected chi connectivity index (χ2v) is 7.46. The number of rotatable bonds is 6. The Morgan fingerprint density at radius 1 is 1.20 bits per heavy atom. The second-order valence-electron chi connectivity index (χ2n) is 6.68. The third-order valence-corrected chi connectivity index (χ3v) is 5.70. The molecule has 0 saturated heterocycles. The number of amides is 1. The lowest BCUT2D eigenvalue weighted by molar-refractivity contribution is -0.116. The molecule has 1 aliphatic rings. The third kappa shape index (κ3) is 4.99. The van der Waals surface area contributed by atoms with Gasteiger partial charge in [-0.1, -0.05) is 67.4 Å². The number of hydrogen-bond acceptors (Lipinski definition) is 2. The van der Waals surface area contributed by atoms with Gasteiger partial charge in [-0.25, -0.2) is 4.68 Å². The normalized spacial score (nSPS) is 15.3. The molecule has 25 heavy (non-hydrogen) atoms.